The van der Waals surface area contributed by atoms with Crippen LogP contribution in [0.5, 0.6) is 0 Å². The monoisotopic (exact) mass is 571 g/mol. The lowest BCUT2D eigenvalue weighted by Gasteiger charge is -2.23. The van der Waals surface area contributed by atoms with Gasteiger partial charge in [0.1, 0.15) is 36.6 Å². The van der Waals surface area contributed by atoms with Crippen molar-refractivity contribution in [2.24, 2.45) is 0 Å². The highest BCUT2D eigenvalue weighted by molar-refractivity contribution is 5.93. The van der Waals surface area contributed by atoms with Crippen LogP contribution in [0, 0.1) is 0 Å². The zero-order chi connectivity index (χ0) is 30.0. The van der Waals surface area contributed by atoms with Crippen molar-refractivity contribution in [1.29, 1.82) is 0 Å². The van der Waals surface area contributed by atoms with Crippen LogP contribution in [-0.4, -0.2) is 80.3 Å². The number of fused-ring (bicyclic) bond motifs is 1. The van der Waals surface area contributed by atoms with Crippen molar-refractivity contribution in [2.75, 3.05) is 31.6 Å². The minimum absolute atomic E-state index is 0.00180. The Balaban J connectivity index is 1.71. The highest BCUT2D eigenvalue weighted by atomic mass is 16.6. The number of nitrogens with zero attached hydrogens (tertiary/aromatic N) is 4. The second-order valence-electron chi connectivity index (χ2n) is 9.70. The molecule has 2 heterocycles. The van der Waals surface area contributed by atoms with E-state index in [0.29, 0.717) is 0 Å². The Hall–Kier alpha value is -4.95. The number of benzene rings is 1. The quantitative estimate of drug-likeness (QED) is 0.226. The van der Waals surface area contributed by atoms with Crippen LogP contribution >= 0.6 is 0 Å². The predicted octanol–water partition coefficient (Wildman–Crippen LogP) is 1.78. The number of aromatic nitrogens is 4. The maximum absolute atomic E-state index is 13.2. The van der Waals surface area contributed by atoms with Crippen LogP contribution < -0.4 is 16.3 Å². The van der Waals surface area contributed by atoms with E-state index in [9.17, 15) is 24.0 Å². The molecule has 3 rings (SSSR count). The summed E-state index contributed by atoms with van der Waals surface area (Å²) in [7, 11) is 0. The molecule has 0 bridgehead atoms. The average molecular weight is 572 g/mol. The molecule has 0 aliphatic rings. The minimum Gasteiger partial charge on any atom is -0.465 e. The number of carbonyl (C=O) groups excluding carboxylic acids is 4. The fraction of sp³-hybridized carbons (Fsp3) is 0.423. The number of hydrogen-bond donors (Lipinski definition) is 3. The van der Waals surface area contributed by atoms with Crippen LogP contribution in [0.3, 0.4) is 0 Å². The number of H-pyrrole nitrogens is 1. The van der Waals surface area contributed by atoms with Crippen molar-refractivity contribution in [3.8, 4) is 0 Å². The predicted molar refractivity (Wildman–Crippen MR) is 146 cm³/mol. The van der Waals surface area contributed by atoms with E-state index in [2.05, 4.69) is 25.6 Å². The minimum atomic E-state index is -0.833. The molecule has 0 spiro atoms. The van der Waals surface area contributed by atoms with Gasteiger partial charge in [-0.3, -0.25) is 19.9 Å². The summed E-state index contributed by atoms with van der Waals surface area (Å²) in [6.07, 6.45) is -0.238. The number of imidazole rings is 1. The standard InChI is InChI=1S/C26H33N7O8/c1-5-39-19(35)14-32(12-11-27-24(37)41-26(2,3)4)18(34)13-33-16-28-20-21(29-23(36)31-22(20)33)30-25(38)40-15-17-9-7-6-8-10-17/h6-10,16H,5,11-15H2,1-4H3,(H,27,37)(H2,29,30,31,36,38). The molecule has 3 amide bonds. The van der Waals surface area contributed by atoms with Crippen molar-refractivity contribution in [1.82, 2.24) is 29.7 Å². The van der Waals surface area contributed by atoms with Crippen molar-refractivity contribution in [3.05, 3.63) is 52.7 Å². The zero-order valence-corrected chi connectivity index (χ0v) is 23.3. The Labute approximate surface area is 235 Å². The highest BCUT2D eigenvalue weighted by Gasteiger charge is 2.22. The van der Waals surface area contributed by atoms with Crippen molar-refractivity contribution in [2.45, 2.75) is 46.4 Å². The molecular formula is C26H33N7O8. The fourth-order valence-corrected chi connectivity index (χ4v) is 3.53. The first-order chi connectivity index (χ1) is 19.4. The molecule has 220 valence electrons. The van der Waals surface area contributed by atoms with Gasteiger partial charge in [-0.15, -0.1) is 0 Å². The number of aromatic amines is 1. The molecule has 0 saturated heterocycles. The maximum Gasteiger partial charge on any atom is 0.413 e. The lowest BCUT2D eigenvalue weighted by Crippen LogP contribution is -2.44. The molecule has 0 radical (unpaired) electrons. The first kappa shape index (κ1) is 30.6. The summed E-state index contributed by atoms with van der Waals surface area (Å²) in [5, 5.41) is 4.97. The topological polar surface area (TPSA) is 187 Å². The number of anilines is 1. The van der Waals surface area contributed by atoms with E-state index >= 15 is 0 Å². The number of amides is 3. The van der Waals surface area contributed by atoms with Crippen molar-refractivity contribution >= 4 is 41.0 Å². The highest BCUT2D eigenvalue weighted by Crippen LogP contribution is 2.17. The fourth-order valence-electron chi connectivity index (χ4n) is 3.53. The maximum atomic E-state index is 13.2. The normalized spacial score (nSPS) is 11.0. The largest absolute Gasteiger partial charge is 0.465 e. The third-order valence-electron chi connectivity index (χ3n) is 5.26. The molecule has 3 N–H and O–H groups in total. The second-order valence-corrected chi connectivity index (χ2v) is 9.70. The first-order valence-corrected chi connectivity index (χ1v) is 12.8. The Kier molecular flexibility index (Phi) is 10.4. The van der Waals surface area contributed by atoms with Gasteiger partial charge in [-0.1, -0.05) is 30.3 Å². The van der Waals surface area contributed by atoms with Gasteiger partial charge < -0.3 is 29.0 Å². The van der Waals surface area contributed by atoms with E-state index in [1.54, 1.807) is 52.0 Å². The van der Waals surface area contributed by atoms with Crippen LogP contribution in [0.15, 0.2) is 41.5 Å². The Morgan fingerprint density at radius 2 is 1.80 bits per heavy atom. The van der Waals surface area contributed by atoms with E-state index in [1.807, 2.05) is 6.07 Å². The number of hydrogen-bond acceptors (Lipinski definition) is 10. The lowest BCUT2D eigenvalue weighted by molar-refractivity contribution is -0.149. The average Bonchev–Trinajstić information content (AvgIpc) is 3.29. The van der Waals surface area contributed by atoms with E-state index in [0.717, 1.165) is 5.56 Å². The van der Waals surface area contributed by atoms with Crippen LogP contribution in [0.4, 0.5) is 15.4 Å². The number of ether oxygens (including phenoxy) is 3. The van der Waals surface area contributed by atoms with E-state index in [1.165, 1.54) is 15.8 Å². The van der Waals surface area contributed by atoms with E-state index in [-0.39, 0.29) is 56.4 Å². The Bertz CT molecular complexity index is 1430. The number of alkyl carbamates (subject to hydrolysis) is 1. The number of carbonyl (C=O) groups is 4. The number of rotatable bonds is 11. The van der Waals surface area contributed by atoms with Gasteiger partial charge in [0.15, 0.2) is 5.65 Å². The van der Waals surface area contributed by atoms with E-state index in [4.69, 9.17) is 14.2 Å². The molecule has 0 saturated carbocycles. The van der Waals surface area contributed by atoms with Crippen molar-refractivity contribution < 1.29 is 33.4 Å². The summed E-state index contributed by atoms with van der Waals surface area (Å²) in [5.41, 5.74) is -0.604. The van der Waals surface area contributed by atoms with E-state index < -0.39 is 35.4 Å². The second kappa shape index (κ2) is 13.9. The van der Waals surface area contributed by atoms with Crippen LogP contribution in [0.2, 0.25) is 0 Å². The first-order valence-electron chi connectivity index (χ1n) is 12.8. The Morgan fingerprint density at radius 3 is 2.49 bits per heavy atom. The van der Waals surface area contributed by atoms with Gasteiger partial charge in [-0.2, -0.15) is 4.98 Å². The molecule has 1 aromatic carbocycles. The van der Waals surface area contributed by atoms with Crippen LogP contribution in [-0.2, 0) is 37.0 Å². The smallest absolute Gasteiger partial charge is 0.413 e. The van der Waals surface area contributed by atoms with Gasteiger partial charge in [0.25, 0.3) is 0 Å². The third kappa shape index (κ3) is 9.63. The molecule has 0 atom stereocenters. The molecule has 0 aliphatic heterocycles. The summed E-state index contributed by atoms with van der Waals surface area (Å²) in [6, 6.07) is 9.02. The summed E-state index contributed by atoms with van der Waals surface area (Å²) in [4.78, 5) is 73.5. The van der Waals surface area contributed by atoms with Gasteiger partial charge in [0.05, 0.1) is 12.9 Å². The molecule has 0 fully saturated rings. The summed E-state index contributed by atoms with van der Waals surface area (Å²) < 4.78 is 16.6. The summed E-state index contributed by atoms with van der Waals surface area (Å²) in [6.45, 7) is 6.16. The Morgan fingerprint density at radius 1 is 1.07 bits per heavy atom. The molecular weight excluding hydrogens is 538 g/mol. The zero-order valence-electron chi connectivity index (χ0n) is 23.3. The van der Waals surface area contributed by atoms with Gasteiger partial charge in [-0.05, 0) is 33.3 Å². The van der Waals surface area contributed by atoms with Crippen LogP contribution in [0.1, 0.15) is 33.3 Å². The molecule has 15 nitrogen and oxygen atoms in total. The molecule has 3 aromatic rings. The third-order valence-corrected chi connectivity index (χ3v) is 5.26. The molecule has 2 aromatic heterocycles. The van der Waals surface area contributed by atoms with Gasteiger partial charge in [0, 0.05) is 13.1 Å². The number of nitrogens with one attached hydrogen (secondary N) is 3. The van der Waals surface area contributed by atoms with Gasteiger partial charge in [-0.25, -0.2) is 19.4 Å². The molecule has 15 heteroatoms. The SMILES string of the molecule is CCOC(=O)CN(CCNC(=O)OC(C)(C)C)C(=O)Cn1cnc2c(NC(=O)OCc3ccccc3)[nH]c(=O)nc21. The van der Waals surface area contributed by atoms with Crippen molar-refractivity contribution in [3.63, 3.8) is 0 Å². The van der Waals surface area contributed by atoms with Gasteiger partial charge >= 0.3 is 23.8 Å². The molecule has 41 heavy (non-hydrogen) atoms. The molecule has 0 aliphatic carbocycles. The summed E-state index contributed by atoms with van der Waals surface area (Å²) in [5.74, 6) is -1.24. The van der Waals surface area contributed by atoms with Gasteiger partial charge in [0.2, 0.25) is 5.91 Å². The lowest BCUT2D eigenvalue weighted by atomic mass is 10.2. The van der Waals surface area contributed by atoms with Crippen LogP contribution in [0.25, 0.3) is 11.2 Å². The molecule has 0 unspecified atom stereocenters. The number of esters is 1. The summed E-state index contributed by atoms with van der Waals surface area (Å²) >= 11 is 0.